The lowest BCUT2D eigenvalue weighted by Crippen LogP contribution is -2.49. The first-order valence-electron chi connectivity index (χ1n) is 9.29. The zero-order valence-corrected chi connectivity index (χ0v) is 18.2. The molecule has 0 saturated carbocycles. The number of aliphatic imine (C=N–C) groups is 1. The van der Waals surface area contributed by atoms with Crippen LogP contribution in [0.1, 0.15) is 45.2 Å². The lowest BCUT2D eigenvalue weighted by molar-refractivity contribution is 0.161. The van der Waals surface area contributed by atoms with Crippen LogP contribution in [0.15, 0.2) is 29.4 Å². The fourth-order valence-corrected chi connectivity index (χ4v) is 3.31. The zero-order valence-electron chi connectivity index (χ0n) is 15.9. The van der Waals surface area contributed by atoms with Crippen LogP contribution in [0.25, 0.3) is 0 Å². The van der Waals surface area contributed by atoms with Crippen molar-refractivity contribution in [2.75, 3.05) is 26.7 Å². The Balaban J connectivity index is 0.00000312. The molecular weight excluding hydrogens is 425 g/mol. The van der Waals surface area contributed by atoms with E-state index in [1.165, 1.54) is 38.8 Å². The first kappa shape index (κ1) is 22.2. The van der Waals surface area contributed by atoms with Gasteiger partial charge in [-0.2, -0.15) is 0 Å². The first-order valence-corrected chi connectivity index (χ1v) is 9.29. The van der Waals surface area contributed by atoms with Crippen LogP contribution in [-0.2, 0) is 6.54 Å². The summed E-state index contributed by atoms with van der Waals surface area (Å²) < 4.78 is 0. The van der Waals surface area contributed by atoms with Crippen molar-refractivity contribution >= 4 is 29.9 Å². The third kappa shape index (κ3) is 7.90. The normalized spacial score (nSPS) is 17.5. The SMILES string of the molecule is CN=C(NCc1ccccn1)NCC(C(C)C)N1CCCCCC1.I. The van der Waals surface area contributed by atoms with Crippen molar-refractivity contribution in [1.82, 2.24) is 20.5 Å². The summed E-state index contributed by atoms with van der Waals surface area (Å²) in [4.78, 5) is 11.3. The van der Waals surface area contributed by atoms with Crippen molar-refractivity contribution in [3.8, 4) is 0 Å². The van der Waals surface area contributed by atoms with E-state index in [1.54, 1.807) is 0 Å². The lowest BCUT2D eigenvalue weighted by Gasteiger charge is -2.34. The highest BCUT2D eigenvalue weighted by molar-refractivity contribution is 14.0. The highest BCUT2D eigenvalue weighted by atomic mass is 127. The number of nitrogens with one attached hydrogen (secondary N) is 2. The van der Waals surface area contributed by atoms with Gasteiger partial charge >= 0.3 is 0 Å². The Bertz CT molecular complexity index is 484. The van der Waals surface area contributed by atoms with Gasteiger partial charge in [-0.1, -0.05) is 32.8 Å². The predicted molar refractivity (Wildman–Crippen MR) is 117 cm³/mol. The Hall–Kier alpha value is -0.890. The van der Waals surface area contributed by atoms with Gasteiger partial charge in [0, 0.05) is 25.8 Å². The van der Waals surface area contributed by atoms with Crippen molar-refractivity contribution in [1.29, 1.82) is 0 Å². The number of likely N-dealkylation sites (tertiary alicyclic amines) is 1. The summed E-state index contributed by atoms with van der Waals surface area (Å²) in [6.45, 7) is 8.72. The highest BCUT2D eigenvalue weighted by Gasteiger charge is 2.22. The van der Waals surface area contributed by atoms with Crippen LogP contribution in [0.3, 0.4) is 0 Å². The molecule has 0 radical (unpaired) electrons. The van der Waals surface area contributed by atoms with Gasteiger partial charge in [-0.3, -0.25) is 14.9 Å². The van der Waals surface area contributed by atoms with E-state index in [0.29, 0.717) is 18.5 Å². The Kier molecular flexibility index (Phi) is 11.0. The van der Waals surface area contributed by atoms with E-state index < -0.39 is 0 Å². The molecule has 1 saturated heterocycles. The van der Waals surface area contributed by atoms with E-state index in [-0.39, 0.29) is 24.0 Å². The fourth-order valence-electron chi connectivity index (χ4n) is 3.31. The van der Waals surface area contributed by atoms with Crippen LogP contribution in [0.4, 0.5) is 0 Å². The van der Waals surface area contributed by atoms with Gasteiger partial charge in [0.2, 0.25) is 0 Å². The van der Waals surface area contributed by atoms with Gasteiger partial charge in [0.05, 0.1) is 12.2 Å². The van der Waals surface area contributed by atoms with E-state index in [4.69, 9.17) is 0 Å². The molecule has 1 aliphatic rings. The average molecular weight is 459 g/mol. The molecule has 2 heterocycles. The van der Waals surface area contributed by atoms with Crippen LogP contribution in [-0.4, -0.2) is 48.6 Å². The number of halogens is 1. The van der Waals surface area contributed by atoms with Gasteiger partial charge in [0.1, 0.15) is 0 Å². The number of rotatable bonds is 6. The van der Waals surface area contributed by atoms with Crippen molar-refractivity contribution in [3.05, 3.63) is 30.1 Å². The van der Waals surface area contributed by atoms with Gasteiger partial charge in [0.25, 0.3) is 0 Å². The Morgan fingerprint density at radius 1 is 1.16 bits per heavy atom. The second-order valence-electron chi connectivity index (χ2n) is 6.89. The van der Waals surface area contributed by atoms with Gasteiger partial charge < -0.3 is 10.6 Å². The quantitative estimate of drug-likeness (QED) is 0.390. The smallest absolute Gasteiger partial charge is 0.191 e. The molecule has 0 aromatic carbocycles. The average Bonchev–Trinajstić information content (AvgIpc) is 2.88. The number of hydrogen-bond acceptors (Lipinski definition) is 3. The van der Waals surface area contributed by atoms with Crippen molar-refractivity contribution in [3.63, 3.8) is 0 Å². The van der Waals surface area contributed by atoms with E-state index in [0.717, 1.165) is 18.2 Å². The summed E-state index contributed by atoms with van der Waals surface area (Å²) in [6.07, 6.45) is 7.23. The highest BCUT2D eigenvalue weighted by Crippen LogP contribution is 2.17. The molecule has 0 bridgehead atoms. The number of aromatic nitrogens is 1. The van der Waals surface area contributed by atoms with E-state index in [2.05, 4.69) is 39.4 Å². The van der Waals surface area contributed by atoms with Crippen LogP contribution < -0.4 is 10.6 Å². The largest absolute Gasteiger partial charge is 0.355 e. The molecule has 25 heavy (non-hydrogen) atoms. The topological polar surface area (TPSA) is 52.6 Å². The fraction of sp³-hybridized carbons (Fsp3) is 0.684. The molecule has 1 aromatic rings. The Morgan fingerprint density at radius 2 is 1.88 bits per heavy atom. The Labute approximate surface area is 170 Å². The van der Waals surface area contributed by atoms with Gasteiger partial charge in [-0.05, 0) is 44.0 Å². The summed E-state index contributed by atoms with van der Waals surface area (Å²) in [7, 11) is 1.82. The predicted octanol–water partition coefficient (Wildman–Crippen LogP) is 3.27. The summed E-state index contributed by atoms with van der Waals surface area (Å²) in [6, 6.07) is 6.52. The molecular formula is C19H34IN5. The zero-order chi connectivity index (χ0) is 17.2. The molecule has 6 heteroatoms. The molecule has 2 N–H and O–H groups in total. The molecule has 1 atom stereocenters. The van der Waals surface area contributed by atoms with Crippen molar-refractivity contribution in [2.24, 2.45) is 10.9 Å². The van der Waals surface area contributed by atoms with E-state index in [9.17, 15) is 0 Å². The third-order valence-electron chi connectivity index (χ3n) is 4.74. The molecule has 1 aliphatic heterocycles. The molecule has 5 nitrogen and oxygen atoms in total. The molecule has 1 aromatic heterocycles. The Morgan fingerprint density at radius 3 is 2.44 bits per heavy atom. The molecule has 142 valence electrons. The molecule has 1 unspecified atom stereocenters. The summed E-state index contributed by atoms with van der Waals surface area (Å²) in [5, 5.41) is 6.86. The van der Waals surface area contributed by atoms with Gasteiger partial charge in [-0.25, -0.2) is 0 Å². The van der Waals surface area contributed by atoms with Crippen molar-refractivity contribution < 1.29 is 0 Å². The maximum absolute atomic E-state index is 4.35. The molecule has 2 rings (SSSR count). The molecule has 0 amide bonds. The van der Waals surface area contributed by atoms with Crippen LogP contribution in [0, 0.1) is 5.92 Å². The maximum Gasteiger partial charge on any atom is 0.191 e. The number of nitrogens with zero attached hydrogens (tertiary/aromatic N) is 3. The monoisotopic (exact) mass is 459 g/mol. The minimum absolute atomic E-state index is 0. The minimum Gasteiger partial charge on any atom is -0.355 e. The standard InChI is InChI=1S/C19H33N5.HI/c1-16(2)18(24-12-8-4-5-9-13-24)15-23-19(20-3)22-14-17-10-6-7-11-21-17;/h6-7,10-11,16,18H,4-5,8-9,12-15H2,1-3H3,(H2,20,22,23);1H. The van der Waals surface area contributed by atoms with Crippen molar-refractivity contribution in [2.45, 2.75) is 52.1 Å². The van der Waals surface area contributed by atoms with Crippen LogP contribution >= 0.6 is 24.0 Å². The number of guanidine groups is 1. The van der Waals surface area contributed by atoms with E-state index in [1.807, 2.05) is 31.4 Å². The maximum atomic E-state index is 4.35. The van der Waals surface area contributed by atoms with E-state index >= 15 is 0 Å². The summed E-state index contributed by atoms with van der Waals surface area (Å²) in [5.41, 5.74) is 1.02. The first-order chi connectivity index (χ1) is 11.7. The number of hydrogen-bond donors (Lipinski definition) is 2. The minimum atomic E-state index is 0. The summed E-state index contributed by atoms with van der Waals surface area (Å²) >= 11 is 0. The lowest BCUT2D eigenvalue weighted by atomic mass is 10.0. The second kappa shape index (κ2) is 12.5. The van der Waals surface area contributed by atoms with Gasteiger partial charge in [-0.15, -0.1) is 24.0 Å². The molecule has 0 spiro atoms. The molecule has 0 aliphatic carbocycles. The van der Waals surface area contributed by atoms with Crippen LogP contribution in [0.5, 0.6) is 0 Å². The third-order valence-corrected chi connectivity index (χ3v) is 4.74. The summed E-state index contributed by atoms with van der Waals surface area (Å²) in [5.74, 6) is 1.48. The van der Waals surface area contributed by atoms with Crippen LogP contribution in [0.2, 0.25) is 0 Å². The molecule has 1 fully saturated rings. The van der Waals surface area contributed by atoms with Gasteiger partial charge in [0.15, 0.2) is 5.96 Å². The second-order valence-corrected chi connectivity index (χ2v) is 6.89. The number of pyridine rings is 1.